The average Bonchev–Trinajstić information content (AvgIpc) is 2.94. The van der Waals surface area contributed by atoms with Gasteiger partial charge in [0.15, 0.2) is 0 Å². The van der Waals surface area contributed by atoms with E-state index in [4.69, 9.17) is 5.73 Å². The zero-order chi connectivity index (χ0) is 13.1. The molecule has 2 heterocycles. The third-order valence-corrected chi connectivity index (χ3v) is 4.50. The highest BCUT2D eigenvalue weighted by atomic mass is 79.9. The summed E-state index contributed by atoms with van der Waals surface area (Å²) >= 11 is 4.96. The Morgan fingerprint density at radius 2 is 2.39 bits per heavy atom. The molecule has 0 spiro atoms. The molecule has 0 unspecified atom stereocenters. The second kappa shape index (κ2) is 5.71. The molecule has 2 rings (SSSR count). The number of halogens is 1. The first-order valence-electron chi connectivity index (χ1n) is 5.61. The van der Waals surface area contributed by atoms with Crippen molar-refractivity contribution < 1.29 is 9.59 Å². The Kier molecular flexibility index (Phi) is 4.23. The van der Waals surface area contributed by atoms with E-state index >= 15 is 0 Å². The van der Waals surface area contributed by atoms with Gasteiger partial charge in [-0.15, -0.1) is 11.3 Å². The van der Waals surface area contributed by atoms with Crippen LogP contribution in [-0.4, -0.2) is 29.9 Å². The van der Waals surface area contributed by atoms with Crippen LogP contribution in [0.5, 0.6) is 0 Å². The van der Waals surface area contributed by atoms with Gasteiger partial charge in [-0.1, -0.05) is 0 Å². The number of hydrogen-bond donors (Lipinski definition) is 2. The molecule has 0 bridgehead atoms. The van der Waals surface area contributed by atoms with Crippen LogP contribution in [0.25, 0.3) is 0 Å². The maximum Gasteiger partial charge on any atom is 0.317 e. The van der Waals surface area contributed by atoms with Gasteiger partial charge in [0.1, 0.15) is 0 Å². The molecule has 7 heteroatoms. The fourth-order valence-electron chi connectivity index (χ4n) is 1.90. The molecular weight excluding hydrogens is 318 g/mol. The van der Waals surface area contributed by atoms with E-state index in [1.165, 1.54) is 0 Å². The molecule has 3 N–H and O–H groups in total. The molecule has 1 aliphatic heterocycles. The molecule has 1 aromatic rings. The largest absolute Gasteiger partial charge is 0.369 e. The van der Waals surface area contributed by atoms with Gasteiger partial charge in [0.25, 0.3) is 0 Å². The smallest absolute Gasteiger partial charge is 0.317 e. The number of likely N-dealkylation sites (tertiary alicyclic amines) is 1. The van der Waals surface area contributed by atoms with Crippen molar-refractivity contribution in [2.24, 2.45) is 11.7 Å². The summed E-state index contributed by atoms with van der Waals surface area (Å²) in [6.45, 7) is 1.51. The molecule has 1 saturated heterocycles. The van der Waals surface area contributed by atoms with Gasteiger partial charge >= 0.3 is 6.03 Å². The van der Waals surface area contributed by atoms with Crippen molar-refractivity contribution in [2.45, 2.75) is 13.0 Å². The van der Waals surface area contributed by atoms with Gasteiger partial charge < -0.3 is 16.0 Å². The minimum absolute atomic E-state index is 0.138. The summed E-state index contributed by atoms with van der Waals surface area (Å²) in [6, 6.07) is 1.84. The number of nitrogens with zero attached hydrogens (tertiary/aromatic N) is 1. The number of nitrogens with one attached hydrogen (secondary N) is 1. The number of hydrogen-bond acceptors (Lipinski definition) is 3. The van der Waals surface area contributed by atoms with Crippen molar-refractivity contribution in [1.29, 1.82) is 0 Å². The number of amides is 3. The van der Waals surface area contributed by atoms with Gasteiger partial charge in [-0.3, -0.25) is 4.79 Å². The highest BCUT2D eigenvalue weighted by Crippen LogP contribution is 2.20. The first kappa shape index (κ1) is 13.4. The van der Waals surface area contributed by atoms with Gasteiger partial charge in [-0.25, -0.2) is 4.79 Å². The number of thiophene rings is 1. The summed E-state index contributed by atoms with van der Waals surface area (Å²) in [5.74, 6) is -0.530. The maximum absolute atomic E-state index is 11.8. The van der Waals surface area contributed by atoms with Gasteiger partial charge in [-0.2, -0.15) is 0 Å². The van der Waals surface area contributed by atoms with Crippen LogP contribution in [0.3, 0.4) is 0 Å². The highest BCUT2D eigenvalue weighted by Gasteiger charge is 2.29. The van der Waals surface area contributed by atoms with Gasteiger partial charge in [0.2, 0.25) is 5.91 Å². The first-order valence-corrected chi connectivity index (χ1v) is 7.28. The molecule has 98 valence electrons. The van der Waals surface area contributed by atoms with Gasteiger partial charge in [0.05, 0.1) is 9.70 Å². The fourth-order valence-corrected chi connectivity index (χ4v) is 3.11. The van der Waals surface area contributed by atoms with Crippen LogP contribution in [0.15, 0.2) is 15.2 Å². The highest BCUT2D eigenvalue weighted by molar-refractivity contribution is 9.11. The molecule has 1 aromatic heterocycles. The van der Waals surface area contributed by atoms with Crippen LogP contribution in [0.4, 0.5) is 4.79 Å². The number of urea groups is 1. The zero-order valence-electron chi connectivity index (χ0n) is 9.69. The number of carbonyl (C=O) groups excluding carboxylic acids is 2. The van der Waals surface area contributed by atoms with Crippen molar-refractivity contribution in [2.75, 3.05) is 13.1 Å². The molecule has 1 aliphatic rings. The molecule has 5 nitrogen and oxygen atoms in total. The van der Waals surface area contributed by atoms with Crippen molar-refractivity contribution in [3.05, 3.63) is 20.8 Å². The number of carbonyl (C=O) groups is 2. The van der Waals surface area contributed by atoms with Crippen molar-refractivity contribution in [1.82, 2.24) is 10.2 Å². The second-order valence-corrected chi connectivity index (χ2v) is 6.54. The molecular formula is C11H14BrN3O2S. The lowest BCUT2D eigenvalue weighted by Gasteiger charge is -2.16. The van der Waals surface area contributed by atoms with E-state index < -0.39 is 0 Å². The summed E-state index contributed by atoms with van der Waals surface area (Å²) in [4.78, 5) is 24.5. The standard InChI is InChI=1S/C11H14BrN3O2S/c12-9-3-7(6-18-9)4-14-11(17)15-2-1-8(5-15)10(13)16/h3,6,8H,1-2,4-5H2,(H2,13,16)(H,14,17)/t8-/m1/s1. The quantitative estimate of drug-likeness (QED) is 0.881. The van der Waals surface area contributed by atoms with Crippen molar-refractivity contribution >= 4 is 39.2 Å². The summed E-state index contributed by atoms with van der Waals surface area (Å²) in [6.07, 6.45) is 0.659. The summed E-state index contributed by atoms with van der Waals surface area (Å²) in [5, 5.41) is 4.82. The molecule has 3 amide bonds. The Balaban J connectivity index is 1.80. The van der Waals surface area contributed by atoms with Crippen LogP contribution in [-0.2, 0) is 11.3 Å². The molecule has 18 heavy (non-hydrogen) atoms. The topological polar surface area (TPSA) is 75.4 Å². The van der Waals surface area contributed by atoms with E-state index in [1.807, 2.05) is 11.4 Å². The SMILES string of the molecule is NC(=O)[C@@H]1CCN(C(=O)NCc2csc(Br)c2)C1. The Hall–Kier alpha value is -1.08. The maximum atomic E-state index is 11.8. The number of nitrogens with two attached hydrogens (primary N) is 1. The minimum Gasteiger partial charge on any atom is -0.369 e. The van der Waals surface area contributed by atoms with Crippen LogP contribution < -0.4 is 11.1 Å². The van der Waals surface area contributed by atoms with E-state index in [0.717, 1.165) is 9.35 Å². The Labute approximate surface area is 117 Å². The van der Waals surface area contributed by atoms with E-state index in [2.05, 4.69) is 21.2 Å². The Bertz CT molecular complexity index is 463. The average molecular weight is 332 g/mol. The number of rotatable bonds is 3. The normalized spacial score (nSPS) is 18.9. The van der Waals surface area contributed by atoms with Crippen LogP contribution in [0, 0.1) is 5.92 Å². The lowest BCUT2D eigenvalue weighted by atomic mass is 10.1. The van der Waals surface area contributed by atoms with Gasteiger partial charge in [-0.05, 0) is 39.4 Å². The molecule has 0 radical (unpaired) electrons. The zero-order valence-corrected chi connectivity index (χ0v) is 12.1. The Morgan fingerprint density at radius 3 is 2.94 bits per heavy atom. The van der Waals surface area contributed by atoms with Crippen molar-refractivity contribution in [3.63, 3.8) is 0 Å². The fraction of sp³-hybridized carbons (Fsp3) is 0.455. The van der Waals surface area contributed by atoms with E-state index in [9.17, 15) is 9.59 Å². The third-order valence-electron chi connectivity index (χ3n) is 2.94. The molecule has 0 saturated carbocycles. The lowest BCUT2D eigenvalue weighted by molar-refractivity contribution is -0.121. The lowest BCUT2D eigenvalue weighted by Crippen LogP contribution is -2.39. The van der Waals surface area contributed by atoms with E-state index in [0.29, 0.717) is 26.1 Å². The first-order chi connectivity index (χ1) is 8.56. The van der Waals surface area contributed by atoms with E-state index in [1.54, 1.807) is 16.2 Å². The predicted molar refractivity (Wildman–Crippen MR) is 73.1 cm³/mol. The van der Waals surface area contributed by atoms with Crippen LogP contribution in [0.1, 0.15) is 12.0 Å². The molecule has 1 fully saturated rings. The Morgan fingerprint density at radius 1 is 1.61 bits per heavy atom. The summed E-state index contributed by atoms with van der Waals surface area (Å²) in [7, 11) is 0. The summed E-state index contributed by atoms with van der Waals surface area (Å²) < 4.78 is 1.04. The molecule has 0 aromatic carbocycles. The molecule has 0 aliphatic carbocycles. The number of primary amides is 1. The van der Waals surface area contributed by atoms with Gasteiger partial charge in [0, 0.05) is 19.6 Å². The van der Waals surface area contributed by atoms with E-state index in [-0.39, 0.29) is 17.9 Å². The predicted octanol–water partition coefficient (Wildman–Crippen LogP) is 1.53. The van der Waals surface area contributed by atoms with Crippen LogP contribution >= 0.6 is 27.3 Å². The van der Waals surface area contributed by atoms with Crippen molar-refractivity contribution in [3.8, 4) is 0 Å². The van der Waals surface area contributed by atoms with Crippen LogP contribution in [0.2, 0.25) is 0 Å². The summed E-state index contributed by atoms with van der Waals surface area (Å²) in [5.41, 5.74) is 6.29. The molecule has 1 atom stereocenters. The third kappa shape index (κ3) is 3.23. The minimum atomic E-state index is -0.327. The monoisotopic (exact) mass is 331 g/mol. The second-order valence-electron chi connectivity index (χ2n) is 4.25.